The van der Waals surface area contributed by atoms with Gasteiger partial charge in [-0.05, 0) is 51.3 Å². The van der Waals surface area contributed by atoms with Crippen LogP contribution < -0.4 is 16.4 Å². The number of methoxy groups -OCH3 is 1. The zero-order valence-electron chi connectivity index (χ0n) is 23.3. The number of anilines is 1. The molecule has 3 rings (SSSR count). The van der Waals surface area contributed by atoms with Crippen molar-refractivity contribution >= 4 is 56.2 Å². The summed E-state index contributed by atoms with van der Waals surface area (Å²) in [6.07, 6.45) is 4.09. The number of carboxylic acids is 1. The molecule has 13 heteroatoms. The van der Waals surface area contributed by atoms with E-state index in [1.807, 2.05) is 30.9 Å². The highest BCUT2D eigenvalue weighted by Gasteiger charge is 2.37. The van der Waals surface area contributed by atoms with Gasteiger partial charge in [0.15, 0.2) is 5.13 Å². The van der Waals surface area contributed by atoms with Gasteiger partial charge >= 0.3 is 12.0 Å². The zero-order valence-corrected chi connectivity index (χ0v) is 24.1. The number of oxime groups is 1. The highest BCUT2D eigenvalue weighted by molar-refractivity contribution is 7.22. The fraction of sp³-hybridized carbons (Fsp3) is 0.444. The van der Waals surface area contributed by atoms with Crippen LogP contribution >= 0.6 is 11.3 Å². The number of benzene rings is 1. The molecular formula is C27H37N7O5S. The lowest BCUT2D eigenvalue weighted by atomic mass is 9.80. The van der Waals surface area contributed by atoms with Gasteiger partial charge in [0, 0.05) is 50.3 Å². The third-order valence-electron chi connectivity index (χ3n) is 6.63. The third kappa shape index (κ3) is 7.57. The van der Waals surface area contributed by atoms with Crippen LogP contribution in [0.1, 0.15) is 44.7 Å². The van der Waals surface area contributed by atoms with Gasteiger partial charge in [-0.1, -0.05) is 23.1 Å². The number of thiazole rings is 1. The number of nitrogens with one attached hydrogen (secondary N) is 2. The number of allylic oxidation sites excluding steroid dienone is 1. The summed E-state index contributed by atoms with van der Waals surface area (Å²) in [5.41, 5.74) is 8.66. The van der Waals surface area contributed by atoms with E-state index in [0.717, 1.165) is 15.8 Å². The van der Waals surface area contributed by atoms with E-state index in [1.54, 1.807) is 20.2 Å². The second-order valence-electron chi connectivity index (χ2n) is 9.53. The molecule has 1 aliphatic heterocycles. The van der Waals surface area contributed by atoms with Crippen LogP contribution in [0.3, 0.4) is 0 Å². The second kappa shape index (κ2) is 13.9. The summed E-state index contributed by atoms with van der Waals surface area (Å²) in [7, 11) is 1.59. The van der Waals surface area contributed by atoms with Crippen molar-refractivity contribution in [1.82, 2.24) is 15.2 Å². The van der Waals surface area contributed by atoms with Crippen LogP contribution in [0.25, 0.3) is 15.8 Å². The summed E-state index contributed by atoms with van der Waals surface area (Å²) in [4.78, 5) is 40.2. The zero-order chi connectivity index (χ0) is 29.3. The standard InChI is InChI=1S/C27H37N7O5S/c1-6-29-25(37)32-26-31-22-14-19(13-21(23(22)40-26)17(2)33-39-12-11-38-5)20(15-28)16-30-18(3)34-9-7-27(4,8-10-34)24(35)36/h13-16H,3,6-12,28H2,1-2,4-5H3,(H,35,36)(H2,29,31,32,37)/b20-15+,30-16?,33-17+. The lowest BCUT2D eigenvalue weighted by Crippen LogP contribution is -2.41. The molecule has 0 unspecified atom stereocenters. The van der Waals surface area contributed by atoms with Crippen molar-refractivity contribution in [3.8, 4) is 0 Å². The highest BCUT2D eigenvalue weighted by atomic mass is 32.1. The number of aliphatic imine (C=N–C) groups is 1. The lowest BCUT2D eigenvalue weighted by molar-refractivity contribution is -0.150. The largest absolute Gasteiger partial charge is 0.481 e. The lowest BCUT2D eigenvalue weighted by Gasteiger charge is -2.37. The van der Waals surface area contributed by atoms with Gasteiger partial charge in [-0.2, -0.15) is 0 Å². The van der Waals surface area contributed by atoms with E-state index < -0.39 is 11.4 Å². The molecule has 0 bridgehead atoms. The van der Waals surface area contributed by atoms with Crippen molar-refractivity contribution in [2.24, 2.45) is 21.3 Å². The minimum atomic E-state index is -0.782. The molecule has 1 aromatic carbocycles. The molecule has 0 atom stereocenters. The number of nitrogens with two attached hydrogens (primary N) is 1. The highest BCUT2D eigenvalue weighted by Crippen LogP contribution is 2.34. The maximum atomic E-state index is 12.1. The summed E-state index contributed by atoms with van der Waals surface area (Å²) in [5.74, 6) is -0.255. The molecule has 216 valence electrons. The van der Waals surface area contributed by atoms with Crippen molar-refractivity contribution in [1.29, 1.82) is 0 Å². The molecule has 1 fully saturated rings. The van der Waals surface area contributed by atoms with E-state index in [-0.39, 0.29) is 6.03 Å². The van der Waals surface area contributed by atoms with Crippen LogP contribution in [0.15, 0.2) is 40.9 Å². The fourth-order valence-corrected chi connectivity index (χ4v) is 5.05. The van der Waals surface area contributed by atoms with Crippen molar-refractivity contribution in [2.75, 3.05) is 45.3 Å². The molecule has 2 aromatic rings. The van der Waals surface area contributed by atoms with E-state index in [1.165, 1.54) is 17.5 Å². The molecule has 2 heterocycles. The van der Waals surface area contributed by atoms with Gasteiger partial charge in [0.05, 0.1) is 28.0 Å². The Balaban J connectivity index is 1.89. The fourth-order valence-electron chi connectivity index (χ4n) is 4.05. The number of nitrogens with zero attached hydrogens (tertiary/aromatic N) is 4. The van der Waals surface area contributed by atoms with Gasteiger partial charge in [0.25, 0.3) is 0 Å². The Bertz CT molecular complexity index is 1330. The van der Waals surface area contributed by atoms with Gasteiger partial charge in [0.1, 0.15) is 12.4 Å². The van der Waals surface area contributed by atoms with E-state index in [4.69, 9.17) is 15.3 Å². The van der Waals surface area contributed by atoms with Crippen LogP contribution in [0, 0.1) is 5.41 Å². The van der Waals surface area contributed by atoms with E-state index in [0.29, 0.717) is 73.4 Å². The Morgan fingerprint density at radius 3 is 2.67 bits per heavy atom. The number of aliphatic carboxylic acids is 1. The minimum Gasteiger partial charge on any atom is -0.481 e. The summed E-state index contributed by atoms with van der Waals surface area (Å²) in [6.45, 7) is 11.8. The maximum absolute atomic E-state index is 12.1. The topological polar surface area (TPSA) is 164 Å². The third-order valence-corrected chi connectivity index (χ3v) is 7.65. The number of likely N-dealkylation sites (tertiary alicyclic amines) is 1. The number of hydrogen-bond donors (Lipinski definition) is 4. The molecule has 1 aromatic heterocycles. The predicted octanol–water partition coefficient (Wildman–Crippen LogP) is 3.85. The Kier molecular flexibility index (Phi) is 10.6. The molecule has 2 amide bonds. The number of carboxylic acid groups (broad SMARTS) is 1. The minimum absolute atomic E-state index is 0.300. The van der Waals surface area contributed by atoms with E-state index in [9.17, 15) is 14.7 Å². The average Bonchev–Trinajstić information content (AvgIpc) is 3.33. The number of urea groups is 1. The first-order chi connectivity index (χ1) is 19.1. The van der Waals surface area contributed by atoms with Crippen LogP contribution in [0.4, 0.5) is 9.93 Å². The van der Waals surface area contributed by atoms with Crippen molar-refractivity contribution in [3.63, 3.8) is 0 Å². The van der Waals surface area contributed by atoms with Gasteiger partial charge < -0.3 is 30.6 Å². The predicted molar refractivity (Wildman–Crippen MR) is 159 cm³/mol. The SMILES string of the molecule is C=C(N=C/C(=C\N)c1cc(/C(C)=N/OCCOC)c2sc(NC(=O)NCC)nc2c1)N1CCC(C)(C(=O)O)CC1. The number of aromatic nitrogens is 1. The number of ether oxygens (including phenoxy) is 1. The maximum Gasteiger partial charge on any atom is 0.321 e. The first kappa shape index (κ1) is 30.6. The molecule has 1 saturated heterocycles. The average molecular weight is 572 g/mol. The monoisotopic (exact) mass is 571 g/mol. The van der Waals surface area contributed by atoms with Crippen LogP contribution in [0.5, 0.6) is 0 Å². The quantitative estimate of drug-likeness (QED) is 0.169. The molecule has 5 N–H and O–H groups in total. The van der Waals surface area contributed by atoms with Crippen LogP contribution in [-0.2, 0) is 14.4 Å². The number of carbonyl (C=O) groups is 2. The van der Waals surface area contributed by atoms with E-state index >= 15 is 0 Å². The Morgan fingerprint density at radius 2 is 2.05 bits per heavy atom. The molecule has 40 heavy (non-hydrogen) atoms. The number of fused-ring (bicyclic) bond motifs is 1. The molecule has 0 saturated carbocycles. The van der Waals surface area contributed by atoms with Gasteiger partial charge in [-0.15, -0.1) is 0 Å². The molecule has 0 spiro atoms. The Hall–Kier alpha value is -3.97. The molecule has 12 nitrogen and oxygen atoms in total. The van der Waals surface area contributed by atoms with Gasteiger partial charge in [-0.3, -0.25) is 10.1 Å². The van der Waals surface area contributed by atoms with Crippen molar-refractivity contribution < 1.29 is 24.3 Å². The first-order valence-electron chi connectivity index (χ1n) is 12.9. The molecule has 0 aliphatic carbocycles. The number of amides is 2. The smallest absolute Gasteiger partial charge is 0.321 e. The summed E-state index contributed by atoms with van der Waals surface area (Å²) in [5, 5.41) is 19.6. The number of carbonyl (C=O) groups excluding carboxylic acids is 1. The second-order valence-corrected chi connectivity index (χ2v) is 10.5. The first-order valence-corrected chi connectivity index (χ1v) is 13.7. The molecule has 1 aliphatic rings. The van der Waals surface area contributed by atoms with E-state index in [2.05, 4.69) is 32.3 Å². The normalized spacial score (nSPS) is 15.8. The van der Waals surface area contributed by atoms with Crippen molar-refractivity contribution in [2.45, 2.75) is 33.6 Å². The van der Waals surface area contributed by atoms with Gasteiger partial charge in [0.2, 0.25) is 0 Å². The number of rotatable bonds is 12. The number of piperidine rings is 1. The van der Waals surface area contributed by atoms with Crippen molar-refractivity contribution in [3.05, 3.63) is 41.9 Å². The summed E-state index contributed by atoms with van der Waals surface area (Å²) >= 11 is 1.33. The molecular weight excluding hydrogens is 534 g/mol. The Labute approximate surface area is 237 Å². The summed E-state index contributed by atoms with van der Waals surface area (Å²) in [6, 6.07) is 3.44. The summed E-state index contributed by atoms with van der Waals surface area (Å²) < 4.78 is 5.83. The van der Waals surface area contributed by atoms with Crippen LogP contribution in [-0.4, -0.2) is 78.9 Å². The van der Waals surface area contributed by atoms with Crippen LogP contribution in [0.2, 0.25) is 0 Å². The number of hydrogen-bond acceptors (Lipinski definition) is 10. The molecule has 0 radical (unpaired) electrons. The van der Waals surface area contributed by atoms with Gasteiger partial charge in [-0.25, -0.2) is 14.8 Å². The Morgan fingerprint density at radius 1 is 1.32 bits per heavy atom.